The molecular weight excluding hydrogens is 276 g/mol. The topological polar surface area (TPSA) is 72.6 Å². The number of benzene rings is 1. The number of likely N-dealkylation sites (tertiary alicyclic amines) is 1. The first-order chi connectivity index (χ1) is 9.52. The predicted octanol–water partition coefficient (Wildman–Crippen LogP) is 1.37. The molecule has 0 aromatic heterocycles. The van der Waals surface area contributed by atoms with E-state index in [-0.39, 0.29) is 23.3 Å². The molecule has 1 aliphatic heterocycles. The van der Waals surface area contributed by atoms with Crippen molar-refractivity contribution in [2.45, 2.75) is 25.8 Å². The van der Waals surface area contributed by atoms with Crippen LogP contribution < -0.4 is 10.5 Å². The van der Waals surface area contributed by atoms with Crippen molar-refractivity contribution in [1.82, 2.24) is 4.90 Å². The van der Waals surface area contributed by atoms with Gasteiger partial charge in [0.15, 0.2) is 0 Å². The van der Waals surface area contributed by atoms with Crippen LogP contribution in [-0.4, -0.2) is 28.8 Å². The van der Waals surface area contributed by atoms with E-state index < -0.39 is 0 Å². The van der Waals surface area contributed by atoms with Crippen molar-refractivity contribution in [3.05, 3.63) is 29.3 Å². The van der Waals surface area contributed by atoms with Gasteiger partial charge in [0.1, 0.15) is 10.7 Å². The third kappa shape index (κ3) is 2.96. The van der Waals surface area contributed by atoms with Gasteiger partial charge < -0.3 is 10.5 Å². The zero-order chi connectivity index (χ0) is 14.7. The van der Waals surface area contributed by atoms with E-state index in [1.807, 2.05) is 0 Å². The predicted molar refractivity (Wildman–Crippen MR) is 78.3 cm³/mol. The lowest BCUT2D eigenvalue weighted by Crippen LogP contribution is -2.39. The minimum atomic E-state index is -0.149. The standard InChI is InChI=1S/C14H16N2O3S/c1-19-11-6-5-9(14(15)20)7-10(11)8-16-12(17)3-2-4-13(16)18/h5-7H,2-4,8H2,1H3,(H2,15,20). The van der Waals surface area contributed by atoms with Crippen LogP contribution >= 0.6 is 12.2 Å². The lowest BCUT2D eigenvalue weighted by molar-refractivity contribution is -0.148. The fourth-order valence-corrected chi connectivity index (χ4v) is 2.33. The Morgan fingerprint density at radius 1 is 1.35 bits per heavy atom. The minimum Gasteiger partial charge on any atom is -0.496 e. The van der Waals surface area contributed by atoms with Crippen LogP contribution in [0.15, 0.2) is 18.2 Å². The van der Waals surface area contributed by atoms with Gasteiger partial charge in [-0.1, -0.05) is 12.2 Å². The first-order valence-corrected chi connectivity index (χ1v) is 6.73. The van der Waals surface area contributed by atoms with Crippen molar-refractivity contribution in [1.29, 1.82) is 0 Å². The van der Waals surface area contributed by atoms with Crippen molar-refractivity contribution < 1.29 is 14.3 Å². The number of ether oxygens (including phenoxy) is 1. The average Bonchev–Trinajstić information content (AvgIpc) is 2.42. The molecule has 1 heterocycles. The van der Waals surface area contributed by atoms with Crippen molar-refractivity contribution in [3.63, 3.8) is 0 Å². The van der Waals surface area contributed by atoms with Gasteiger partial charge in [0.25, 0.3) is 0 Å². The summed E-state index contributed by atoms with van der Waals surface area (Å²) in [7, 11) is 1.54. The number of nitrogens with two attached hydrogens (primary N) is 1. The van der Waals surface area contributed by atoms with Crippen LogP contribution in [0.3, 0.4) is 0 Å². The van der Waals surface area contributed by atoms with Gasteiger partial charge in [-0.25, -0.2) is 0 Å². The number of methoxy groups -OCH3 is 1. The fraction of sp³-hybridized carbons (Fsp3) is 0.357. The number of imide groups is 1. The van der Waals surface area contributed by atoms with Gasteiger partial charge in [-0.3, -0.25) is 14.5 Å². The van der Waals surface area contributed by atoms with Crippen molar-refractivity contribution in [3.8, 4) is 5.75 Å². The lowest BCUT2D eigenvalue weighted by atomic mass is 10.1. The van der Waals surface area contributed by atoms with E-state index in [1.54, 1.807) is 25.3 Å². The fourth-order valence-electron chi connectivity index (χ4n) is 2.20. The molecule has 0 aliphatic carbocycles. The molecular formula is C14H16N2O3S. The highest BCUT2D eigenvalue weighted by Gasteiger charge is 2.26. The van der Waals surface area contributed by atoms with Crippen LogP contribution in [0.1, 0.15) is 30.4 Å². The summed E-state index contributed by atoms with van der Waals surface area (Å²) in [5.74, 6) is 0.309. The molecule has 0 spiro atoms. The Hall–Kier alpha value is -1.95. The number of thiocarbonyl (C=S) groups is 1. The molecule has 106 valence electrons. The minimum absolute atomic E-state index is 0.149. The van der Waals surface area contributed by atoms with Gasteiger partial charge in [-0.15, -0.1) is 0 Å². The van der Waals surface area contributed by atoms with Gasteiger partial charge in [-0.05, 0) is 24.6 Å². The first-order valence-electron chi connectivity index (χ1n) is 6.33. The number of amides is 2. The average molecular weight is 292 g/mol. The monoisotopic (exact) mass is 292 g/mol. The van der Waals surface area contributed by atoms with E-state index in [9.17, 15) is 9.59 Å². The first kappa shape index (κ1) is 14.5. The number of hydrogen-bond acceptors (Lipinski definition) is 4. The zero-order valence-electron chi connectivity index (χ0n) is 11.2. The molecule has 1 aromatic rings. The Balaban J connectivity index is 2.31. The Labute approximate surface area is 122 Å². The molecule has 0 atom stereocenters. The molecule has 2 amide bonds. The maximum absolute atomic E-state index is 11.8. The number of nitrogens with zero attached hydrogens (tertiary/aromatic N) is 1. The van der Waals surface area contributed by atoms with E-state index in [0.29, 0.717) is 30.6 Å². The van der Waals surface area contributed by atoms with Crippen LogP contribution in [0.5, 0.6) is 5.75 Å². The molecule has 1 aromatic carbocycles. The van der Waals surface area contributed by atoms with Crippen molar-refractivity contribution in [2.75, 3.05) is 7.11 Å². The second-order valence-corrected chi connectivity index (χ2v) is 5.06. The van der Waals surface area contributed by atoms with Gasteiger partial charge >= 0.3 is 0 Å². The molecule has 1 saturated heterocycles. The highest BCUT2D eigenvalue weighted by atomic mass is 32.1. The molecule has 0 radical (unpaired) electrons. The summed E-state index contributed by atoms with van der Waals surface area (Å²) in [6.07, 6.45) is 1.43. The maximum Gasteiger partial charge on any atom is 0.229 e. The number of carbonyl (C=O) groups is 2. The lowest BCUT2D eigenvalue weighted by Gasteiger charge is -2.25. The van der Waals surface area contributed by atoms with Crippen LogP contribution in [-0.2, 0) is 16.1 Å². The van der Waals surface area contributed by atoms with Gasteiger partial charge in [-0.2, -0.15) is 0 Å². The van der Waals surface area contributed by atoms with E-state index in [0.717, 1.165) is 5.56 Å². The van der Waals surface area contributed by atoms with E-state index in [2.05, 4.69) is 0 Å². The largest absolute Gasteiger partial charge is 0.496 e. The highest BCUT2D eigenvalue weighted by molar-refractivity contribution is 7.80. The van der Waals surface area contributed by atoms with Gasteiger partial charge in [0.05, 0.1) is 13.7 Å². The maximum atomic E-state index is 11.8. The van der Waals surface area contributed by atoms with E-state index in [4.69, 9.17) is 22.7 Å². The summed E-state index contributed by atoms with van der Waals surface area (Å²) in [6, 6.07) is 5.25. The summed E-state index contributed by atoms with van der Waals surface area (Å²) in [5, 5.41) is 0. The van der Waals surface area contributed by atoms with Crippen molar-refractivity contribution >= 4 is 29.0 Å². The zero-order valence-corrected chi connectivity index (χ0v) is 12.0. The molecule has 2 rings (SSSR count). The third-order valence-electron chi connectivity index (χ3n) is 3.28. The molecule has 1 fully saturated rings. The normalized spacial score (nSPS) is 15.3. The molecule has 20 heavy (non-hydrogen) atoms. The second kappa shape index (κ2) is 6.00. The summed E-state index contributed by atoms with van der Waals surface area (Å²) in [6.45, 7) is 0.192. The smallest absolute Gasteiger partial charge is 0.229 e. The number of rotatable bonds is 4. The summed E-state index contributed by atoms with van der Waals surface area (Å²) >= 11 is 4.94. The molecule has 5 nitrogen and oxygen atoms in total. The highest BCUT2D eigenvalue weighted by Crippen LogP contribution is 2.24. The number of hydrogen-bond donors (Lipinski definition) is 1. The van der Waals surface area contributed by atoms with Crippen LogP contribution in [0.2, 0.25) is 0 Å². The Kier molecular flexibility index (Phi) is 4.34. The molecule has 0 bridgehead atoms. The molecule has 1 aliphatic rings. The summed E-state index contributed by atoms with van der Waals surface area (Å²) < 4.78 is 5.26. The molecule has 0 unspecified atom stereocenters. The molecule has 6 heteroatoms. The SMILES string of the molecule is COc1ccc(C(N)=S)cc1CN1C(=O)CCCC1=O. The van der Waals surface area contributed by atoms with Crippen LogP contribution in [0.25, 0.3) is 0 Å². The van der Waals surface area contributed by atoms with E-state index in [1.165, 1.54) is 4.90 Å². The Bertz CT molecular complexity index is 556. The number of carbonyl (C=O) groups excluding carboxylic acids is 2. The Morgan fingerprint density at radius 2 is 2.00 bits per heavy atom. The summed E-state index contributed by atoms with van der Waals surface area (Å²) in [4.78, 5) is 25.2. The van der Waals surface area contributed by atoms with Gasteiger partial charge in [0.2, 0.25) is 11.8 Å². The van der Waals surface area contributed by atoms with Gasteiger partial charge in [0, 0.05) is 24.0 Å². The molecule has 2 N–H and O–H groups in total. The quantitative estimate of drug-likeness (QED) is 0.670. The number of piperidine rings is 1. The Morgan fingerprint density at radius 3 is 2.55 bits per heavy atom. The van der Waals surface area contributed by atoms with Crippen LogP contribution in [0, 0.1) is 0 Å². The van der Waals surface area contributed by atoms with Crippen LogP contribution in [0.4, 0.5) is 0 Å². The molecule has 0 saturated carbocycles. The summed E-state index contributed by atoms with van der Waals surface area (Å²) in [5.41, 5.74) is 7.02. The van der Waals surface area contributed by atoms with Crippen molar-refractivity contribution in [2.24, 2.45) is 5.73 Å². The van der Waals surface area contributed by atoms with E-state index >= 15 is 0 Å². The second-order valence-electron chi connectivity index (χ2n) is 4.62. The third-order valence-corrected chi connectivity index (χ3v) is 3.51.